The molecule has 5 nitrogen and oxygen atoms in total. The van der Waals surface area contributed by atoms with Crippen LogP contribution in [0.2, 0.25) is 5.02 Å². The average Bonchev–Trinajstić information content (AvgIpc) is 3.02. The van der Waals surface area contributed by atoms with Crippen LogP contribution in [0, 0.1) is 5.82 Å². The second-order valence-corrected chi connectivity index (χ2v) is 5.22. The highest BCUT2D eigenvalue weighted by Gasteiger charge is 2.28. The molecule has 1 aromatic carbocycles. The molecule has 0 amide bonds. The fourth-order valence-corrected chi connectivity index (χ4v) is 2.46. The van der Waals surface area contributed by atoms with Crippen molar-refractivity contribution in [3.63, 3.8) is 0 Å². The third kappa shape index (κ3) is 2.82. The summed E-state index contributed by atoms with van der Waals surface area (Å²) in [5.41, 5.74) is 0.736. The predicted molar refractivity (Wildman–Crippen MR) is 69.9 cm³/mol. The zero-order valence-corrected chi connectivity index (χ0v) is 11.3. The Balaban J connectivity index is 1.74. The third-order valence-electron chi connectivity index (χ3n) is 3.25. The molecule has 0 saturated carbocycles. The fraction of sp³-hybridized carbons (Fsp3) is 0.385. The molecule has 2 unspecified atom stereocenters. The zero-order valence-electron chi connectivity index (χ0n) is 10.5. The quantitative estimate of drug-likeness (QED) is 0.904. The molecule has 0 aliphatic carbocycles. The number of aromatic nitrogens is 2. The van der Waals surface area contributed by atoms with Gasteiger partial charge in [-0.15, -0.1) is 0 Å². The van der Waals surface area contributed by atoms with E-state index in [1.165, 1.54) is 12.1 Å². The lowest BCUT2D eigenvalue weighted by Crippen LogP contribution is -2.15. The lowest BCUT2D eigenvalue weighted by atomic mass is 10.1. The molecule has 106 valence electrons. The molecule has 2 heterocycles. The van der Waals surface area contributed by atoms with Crippen LogP contribution in [0.1, 0.15) is 29.7 Å². The van der Waals surface area contributed by atoms with Gasteiger partial charge >= 0.3 is 0 Å². The summed E-state index contributed by atoms with van der Waals surface area (Å²) >= 11 is 5.96. The molecule has 3 rings (SSSR count). The van der Waals surface area contributed by atoms with E-state index >= 15 is 0 Å². The number of aliphatic hydroxyl groups is 1. The van der Waals surface area contributed by atoms with Crippen molar-refractivity contribution in [2.75, 3.05) is 6.54 Å². The highest BCUT2D eigenvalue weighted by molar-refractivity contribution is 6.31. The van der Waals surface area contributed by atoms with Gasteiger partial charge in [-0.25, -0.2) is 4.39 Å². The minimum atomic E-state index is -0.387. The van der Waals surface area contributed by atoms with Crippen molar-refractivity contribution in [2.45, 2.75) is 25.0 Å². The maximum Gasteiger partial charge on any atom is 0.243 e. The molecule has 1 aliphatic heterocycles. The minimum Gasteiger partial charge on any atom is -0.392 e. The highest BCUT2D eigenvalue weighted by atomic mass is 35.5. The number of β-amino-alcohol motifs (C(OH)–C–C–N with tert-alkyl or cyclic N) is 1. The van der Waals surface area contributed by atoms with Gasteiger partial charge in [0, 0.05) is 18.0 Å². The van der Waals surface area contributed by atoms with Gasteiger partial charge in [-0.1, -0.05) is 22.8 Å². The van der Waals surface area contributed by atoms with Crippen molar-refractivity contribution >= 4 is 11.6 Å². The fourth-order valence-electron chi connectivity index (χ4n) is 2.22. The Morgan fingerprint density at radius 1 is 1.50 bits per heavy atom. The van der Waals surface area contributed by atoms with Crippen LogP contribution in [-0.4, -0.2) is 27.9 Å². The Labute approximate surface area is 119 Å². The van der Waals surface area contributed by atoms with E-state index in [4.69, 9.17) is 16.1 Å². The minimum absolute atomic E-state index is 0.116. The second-order valence-electron chi connectivity index (χ2n) is 4.81. The summed E-state index contributed by atoms with van der Waals surface area (Å²) in [4.78, 5) is 4.28. The van der Waals surface area contributed by atoms with Crippen LogP contribution in [0.4, 0.5) is 4.39 Å². The number of nitrogens with zero attached hydrogens (tertiary/aromatic N) is 2. The molecule has 2 aromatic rings. The molecule has 7 heteroatoms. The summed E-state index contributed by atoms with van der Waals surface area (Å²) in [6.45, 7) is 0.520. The van der Waals surface area contributed by atoms with Gasteiger partial charge in [0.1, 0.15) is 5.82 Å². The molecule has 0 bridgehead atoms. The SMILES string of the molecule is OC1CNC(c2nc(Cc3ccc(F)cc3Cl)no2)C1. The van der Waals surface area contributed by atoms with Crippen molar-refractivity contribution < 1.29 is 14.0 Å². The van der Waals surface area contributed by atoms with Gasteiger partial charge in [0.2, 0.25) is 5.89 Å². The van der Waals surface area contributed by atoms with Gasteiger partial charge in [-0.3, -0.25) is 0 Å². The van der Waals surface area contributed by atoms with E-state index in [1.54, 1.807) is 6.07 Å². The average molecular weight is 298 g/mol. The van der Waals surface area contributed by atoms with E-state index in [0.29, 0.717) is 36.1 Å². The van der Waals surface area contributed by atoms with Crippen molar-refractivity contribution in [2.24, 2.45) is 0 Å². The number of benzene rings is 1. The first kappa shape index (κ1) is 13.5. The van der Waals surface area contributed by atoms with E-state index in [0.717, 1.165) is 5.56 Å². The standard InChI is InChI=1S/C13H13ClFN3O2/c14-10-4-8(15)2-1-7(10)3-12-17-13(20-18-12)11-5-9(19)6-16-11/h1-2,4,9,11,16,19H,3,5-6H2. The topological polar surface area (TPSA) is 71.2 Å². The normalized spacial score (nSPS) is 22.4. The van der Waals surface area contributed by atoms with Crippen LogP contribution in [-0.2, 0) is 6.42 Å². The zero-order chi connectivity index (χ0) is 14.1. The number of nitrogens with one attached hydrogen (secondary N) is 1. The molecular formula is C13H13ClFN3O2. The lowest BCUT2D eigenvalue weighted by molar-refractivity contribution is 0.191. The van der Waals surface area contributed by atoms with Crippen LogP contribution >= 0.6 is 11.6 Å². The van der Waals surface area contributed by atoms with Crippen molar-refractivity contribution in [3.8, 4) is 0 Å². The summed E-state index contributed by atoms with van der Waals surface area (Å²) in [7, 11) is 0. The molecular weight excluding hydrogens is 285 g/mol. The first-order valence-electron chi connectivity index (χ1n) is 6.29. The van der Waals surface area contributed by atoms with Gasteiger partial charge < -0.3 is 14.9 Å². The number of aliphatic hydroxyl groups excluding tert-OH is 1. The van der Waals surface area contributed by atoms with Crippen LogP contribution in [0.5, 0.6) is 0 Å². The number of hydrogen-bond donors (Lipinski definition) is 2. The molecule has 1 aliphatic rings. The van der Waals surface area contributed by atoms with Gasteiger partial charge in [-0.05, 0) is 24.1 Å². The Kier molecular flexibility index (Phi) is 3.69. The Morgan fingerprint density at radius 2 is 2.35 bits per heavy atom. The summed E-state index contributed by atoms with van der Waals surface area (Å²) in [6.07, 6.45) is 0.540. The predicted octanol–water partition coefficient (Wildman–Crippen LogP) is 1.85. The highest BCUT2D eigenvalue weighted by Crippen LogP contribution is 2.23. The summed E-state index contributed by atoms with van der Waals surface area (Å²) in [5.74, 6) is 0.558. The Morgan fingerprint density at radius 3 is 3.05 bits per heavy atom. The molecule has 1 fully saturated rings. The van der Waals surface area contributed by atoms with Gasteiger partial charge in [0.25, 0.3) is 0 Å². The summed E-state index contributed by atoms with van der Waals surface area (Å²) < 4.78 is 18.1. The second kappa shape index (κ2) is 5.47. The number of rotatable bonds is 3. The molecule has 2 atom stereocenters. The van der Waals surface area contributed by atoms with E-state index in [1.807, 2.05) is 0 Å². The van der Waals surface area contributed by atoms with Crippen molar-refractivity contribution in [1.29, 1.82) is 0 Å². The summed E-state index contributed by atoms with van der Waals surface area (Å²) in [5, 5.41) is 16.8. The molecule has 0 spiro atoms. The van der Waals surface area contributed by atoms with Gasteiger partial charge in [0.05, 0.1) is 12.1 Å². The maximum absolute atomic E-state index is 13.0. The lowest BCUT2D eigenvalue weighted by Gasteiger charge is -2.02. The van der Waals surface area contributed by atoms with Gasteiger partial charge in [-0.2, -0.15) is 4.98 Å². The Bertz CT molecular complexity index is 619. The number of hydrogen-bond acceptors (Lipinski definition) is 5. The van der Waals surface area contributed by atoms with E-state index in [9.17, 15) is 9.50 Å². The van der Waals surface area contributed by atoms with Gasteiger partial charge in [0.15, 0.2) is 5.82 Å². The van der Waals surface area contributed by atoms with E-state index < -0.39 is 0 Å². The molecule has 1 saturated heterocycles. The maximum atomic E-state index is 13.0. The smallest absolute Gasteiger partial charge is 0.243 e. The molecule has 20 heavy (non-hydrogen) atoms. The third-order valence-corrected chi connectivity index (χ3v) is 3.61. The Hall–Kier alpha value is -1.50. The first-order valence-corrected chi connectivity index (χ1v) is 6.67. The first-order chi connectivity index (χ1) is 9.61. The molecule has 1 aromatic heterocycles. The molecule has 0 radical (unpaired) electrons. The van der Waals surface area contributed by atoms with Crippen LogP contribution in [0.3, 0.4) is 0 Å². The van der Waals surface area contributed by atoms with Crippen LogP contribution in [0.15, 0.2) is 22.7 Å². The summed E-state index contributed by atoms with van der Waals surface area (Å²) in [6, 6.07) is 4.09. The van der Waals surface area contributed by atoms with Crippen LogP contribution < -0.4 is 5.32 Å². The van der Waals surface area contributed by atoms with E-state index in [2.05, 4.69) is 15.5 Å². The monoisotopic (exact) mass is 297 g/mol. The largest absolute Gasteiger partial charge is 0.392 e. The number of halogens is 2. The van der Waals surface area contributed by atoms with Crippen molar-refractivity contribution in [1.82, 2.24) is 15.5 Å². The van der Waals surface area contributed by atoms with Crippen LogP contribution in [0.25, 0.3) is 0 Å². The molecule has 2 N–H and O–H groups in total. The van der Waals surface area contributed by atoms with Crippen molar-refractivity contribution in [3.05, 3.63) is 46.3 Å². The van der Waals surface area contributed by atoms with E-state index in [-0.39, 0.29) is 18.0 Å².